The molecule has 114 valence electrons. The van der Waals surface area contributed by atoms with Crippen LogP contribution in [0.5, 0.6) is 5.75 Å². The Labute approximate surface area is 147 Å². The fourth-order valence-electron chi connectivity index (χ4n) is 2.67. The van der Waals surface area contributed by atoms with Crippen molar-refractivity contribution in [1.29, 1.82) is 0 Å². The molecule has 0 atom stereocenters. The van der Waals surface area contributed by atoms with Gasteiger partial charge in [0.2, 0.25) is 11.2 Å². The van der Waals surface area contributed by atoms with E-state index in [9.17, 15) is 9.90 Å². The van der Waals surface area contributed by atoms with E-state index in [1.54, 1.807) is 18.3 Å². The molecule has 6 heteroatoms. The summed E-state index contributed by atoms with van der Waals surface area (Å²) in [6, 6.07) is 11.1. The summed E-state index contributed by atoms with van der Waals surface area (Å²) < 4.78 is 7.20. The predicted octanol–water partition coefficient (Wildman–Crippen LogP) is 5.17. The zero-order valence-corrected chi connectivity index (χ0v) is 14.7. The van der Waals surface area contributed by atoms with Crippen LogP contribution >= 0.6 is 31.9 Å². The molecular weight excluding hydrogens is 426 g/mol. The Morgan fingerprint density at radius 1 is 1.13 bits per heavy atom. The molecular formula is C17H9Br2NO3. The first-order valence-corrected chi connectivity index (χ1v) is 8.36. The largest absolute Gasteiger partial charge is 0.502 e. The second kappa shape index (κ2) is 5.25. The third kappa shape index (κ3) is 2.21. The van der Waals surface area contributed by atoms with Crippen LogP contribution in [-0.4, -0.2) is 10.1 Å². The number of hydrogen-bond acceptors (Lipinski definition) is 3. The molecule has 2 aromatic carbocycles. The Kier molecular flexibility index (Phi) is 3.32. The maximum absolute atomic E-state index is 12.5. The van der Waals surface area contributed by atoms with Gasteiger partial charge in [0.15, 0.2) is 5.76 Å². The summed E-state index contributed by atoms with van der Waals surface area (Å²) in [4.78, 5) is 15.7. The molecule has 0 spiro atoms. The third-order valence-electron chi connectivity index (χ3n) is 3.72. The standard InChI is InChI=1S/C17H9Br2NO3/c18-8-5-11(19)14-13(6-8)23-17(16(22)15(14)21)10-7-20-12-4-2-1-3-9(10)12/h1-7,20,22H. The molecule has 0 bridgehead atoms. The van der Waals surface area contributed by atoms with E-state index in [0.717, 1.165) is 15.4 Å². The van der Waals surface area contributed by atoms with Crippen molar-refractivity contribution in [3.05, 3.63) is 61.8 Å². The number of hydrogen-bond donors (Lipinski definition) is 2. The van der Waals surface area contributed by atoms with Crippen LogP contribution in [0.3, 0.4) is 0 Å². The Morgan fingerprint density at radius 3 is 2.74 bits per heavy atom. The monoisotopic (exact) mass is 433 g/mol. The maximum atomic E-state index is 12.5. The van der Waals surface area contributed by atoms with Gasteiger partial charge in [-0.3, -0.25) is 4.79 Å². The Balaban J connectivity index is 2.12. The fourth-order valence-corrected chi connectivity index (χ4v) is 4.04. The molecule has 0 aliphatic heterocycles. The third-order valence-corrected chi connectivity index (χ3v) is 4.81. The van der Waals surface area contributed by atoms with E-state index >= 15 is 0 Å². The second-order valence-electron chi connectivity index (χ2n) is 5.12. The summed E-state index contributed by atoms with van der Waals surface area (Å²) in [5.74, 6) is -0.241. The lowest BCUT2D eigenvalue weighted by Crippen LogP contribution is -2.03. The van der Waals surface area contributed by atoms with Crippen LogP contribution in [0.15, 0.2) is 60.8 Å². The number of aromatic nitrogens is 1. The highest BCUT2D eigenvalue weighted by Crippen LogP contribution is 2.37. The normalized spacial score (nSPS) is 11.4. The van der Waals surface area contributed by atoms with Gasteiger partial charge in [-0.2, -0.15) is 0 Å². The number of H-pyrrole nitrogens is 1. The van der Waals surface area contributed by atoms with Crippen LogP contribution in [0.1, 0.15) is 0 Å². The van der Waals surface area contributed by atoms with Crippen molar-refractivity contribution < 1.29 is 9.52 Å². The van der Waals surface area contributed by atoms with Crippen LogP contribution in [0.4, 0.5) is 0 Å². The van der Waals surface area contributed by atoms with Gasteiger partial charge < -0.3 is 14.5 Å². The molecule has 4 aromatic rings. The fraction of sp³-hybridized carbons (Fsp3) is 0. The zero-order chi connectivity index (χ0) is 16.1. The van der Waals surface area contributed by atoms with Gasteiger partial charge in [0.25, 0.3) is 0 Å². The summed E-state index contributed by atoms with van der Waals surface area (Å²) in [5.41, 5.74) is 1.48. The van der Waals surface area contributed by atoms with Crippen LogP contribution < -0.4 is 5.43 Å². The summed E-state index contributed by atoms with van der Waals surface area (Å²) in [6.07, 6.45) is 1.72. The molecule has 2 heterocycles. The number of para-hydroxylation sites is 1. The van der Waals surface area contributed by atoms with Gasteiger partial charge >= 0.3 is 0 Å². The van der Waals surface area contributed by atoms with E-state index in [4.69, 9.17) is 4.42 Å². The number of benzene rings is 2. The van der Waals surface area contributed by atoms with Crippen molar-refractivity contribution in [2.45, 2.75) is 0 Å². The minimum atomic E-state index is -0.467. The van der Waals surface area contributed by atoms with Crippen molar-refractivity contribution in [2.24, 2.45) is 0 Å². The van der Waals surface area contributed by atoms with Crippen LogP contribution in [0.25, 0.3) is 33.2 Å². The molecule has 0 saturated carbocycles. The van der Waals surface area contributed by atoms with E-state index in [1.165, 1.54) is 0 Å². The summed E-state index contributed by atoms with van der Waals surface area (Å²) in [6.45, 7) is 0. The molecule has 0 saturated heterocycles. The molecule has 0 unspecified atom stereocenters. The first-order valence-electron chi connectivity index (χ1n) is 6.77. The average Bonchev–Trinajstić information content (AvgIpc) is 2.94. The van der Waals surface area contributed by atoms with E-state index in [0.29, 0.717) is 21.0 Å². The van der Waals surface area contributed by atoms with Crippen LogP contribution in [0.2, 0.25) is 0 Å². The minimum Gasteiger partial charge on any atom is -0.502 e. The maximum Gasteiger partial charge on any atom is 0.236 e. The quantitative estimate of drug-likeness (QED) is 0.434. The number of halogens is 2. The average molecular weight is 435 g/mol. The molecule has 0 amide bonds. The zero-order valence-electron chi connectivity index (χ0n) is 11.6. The SMILES string of the molecule is O=c1c(O)c(-c2c[nH]c3ccccc23)oc2cc(Br)cc(Br)c12. The van der Waals surface area contributed by atoms with Crippen LogP contribution in [0, 0.1) is 0 Å². The minimum absolute atomic E-state index is 0.157. The molecule has 4 nitrogen and oxygen atoms in total. The number of aromatic amines is 1. The summed E-state index contributed by atoms with van der Waals surface area (Å²) in [7, 11) is 0. The van der Waals surface area contributed by atoms with Crippen molar-refractivity contribution >= 4 is 53.7 Å². The van der Waals surface area contributed by atoms with Gasteiger partial charge in [0.1, 0.15) is 5.58 Å². The van der Waals surface area contributed by atoms with Crippen molar-refractivity contribution in [3.63, 3.8) is 0 Å². The number of nitrogens with one attached hydrogen (secondary N) is 1. The van der Waals surface area contributed by atoms with Crippen molar-refractivity contribution in [2.75, 3.05) is 0 Å². The number of rotatable bonds is 1. The first-order chi connectivity index (χ1) is 11.1. The van der Waals surface area contributed by atoms with E-state index < -0.39 is 11.2 Å². The van der Waals surface area contributed by atoms with Crippen molar-refractivity contribution in [3.8, 4) is 17.1 Å². The first kappa shape index (κ1) is 14.5. The van der Waals surface area contributed by atoms with E-state index in [1.807, 2.05) is 24.3 Å². The molecule has 23 heavy (non-hydrogen) atoms. The predicted molar refractivity (Wildman–Crippen MR) is 96.8 cm³/mol. The Morgan fingerprint density at radius 2 is 1.91 bits per heavy atom. The molecule has 2 aromatic heterocycles. The van der Waals surface area contributed by atoms with E-state index in [2.05, 4.69) is 36.8 Å². The van der Waals surface area contributed by atoms with Crippen LogP contribution in [-0.2, 0) is 0 Å². The highest BCUT2D eigenvalue weighted by molar-refractivity contribution is 9.11. The van der Waals surface area contributed by atoms with Gasteiger partial charge in [0.05, 0.1) is 5.39 Å². The molecule has 4 rings (SSSR count). The number of fused-ring (bicyclic) bond motifs is 2. The molecule has 0 aliphatic carbocycles. The van der Waals surface area contributed by atoms with Gasteiger partial charge in [-0.1, -0.05) is 34.1 Å². The lowest BCUT2D eigenvalue weighted by Gasteiger charge is -2.07. The van der Waals surface area contributed by atoms with Crippen molar-refractivity contribution in [1.82, 2.24) is 4.98 Å². The van der Waals surface area contributed by atoms with E-state index in [-0.39, 0.29) is 5.76 Å². The molecule has 0 radical (unpaired) electrons. The Bertz CT molecular complexity index is 1130. The lowest BCUT2D eigenvalue weighted by atomic mass is 10.1. The van der Waals surface area contributed by atoms with Gasteiger partial charge in [-0.05, 0) is 34.1 Å². The Hall–Kier alpha value is -2.05. The van der Waals surface area contributed by atoms with Gasteiger partial charge in [-0.25, -0.2) is 0 Å². The second-order valence-corrected chi connectivity index (χ2v) is 6.89. The smallest absolute Gasteiger partial charge is 0.236 e. The lowest BCUT2D eigenvalue weighted by molar-refractivity contribution is 0.449. The van der Waals surface area contributed by atoms with Gasteiger partial charge in [0, 0.05) is 31.6 Å². The summed E-state index contributed by atoms with van der Waals surface area (Å²) in [5, 5.41) is 11.6. The highest BCUT2D eigenvalue weighted by atomic mass is 79.9. The molecule has 0 aliphatic rings. The summed E-state index contributed by atoms with van der Waals surface area (Å²) >= 11 is 6.72. The van der Waals surface area contributed by atoms with Gasteiger partial charge in [-0.15, -0.1) is 0 Å². The molecule has 2 N–H and O–H groups in total. The topological polar surface area (TPSA) is 66.2 Å². The number of aromatic hydroxyl groups is 1. The molecule has 0 fully saturated rings. The highest BCUT2D eigenvalue weighted by Gasteiger charge is 2.19.